The lowest BCUT2D eigenvalue weighted by atomic mass is 10.1. The summed E-state index contributed by atoms with van der Waals surface area (Å²) in [5.74, 6) is 6.51. The van der Waals surface area contributed by atoms with Crippen molar-refractivity contribution in [1.29, 1.82) is 0 Å². The van der Waals surface area contributed by atoms with E-state index in [0.29, 0.717) is 10.8 Å². The summed E-state index contributed by atoms with van der Waals surface area (Å²) in [7, 11) is 0. The molecule has 0 aliphatic carbocycles. The largest absolute Gasteiger partial charge is 0.384 e. The molecule has 1 aliphatic heterocycles. The molecule has 0 aromatic heterocycles. The number of aliphatic hydroxyl groups excluding tert-OH is 1. The number of benzene rings is 1. The van der Waals surface area contributed by atoms with Crippen LogP contribution in [0.15, 0.2) is 24.3 Å². The molecule has 106 valence electrons. The number of carbonyl (C=O) groups is 1. The third kappa shape index (κ3) is 3.36. The van der Waals surface area contributed by atoms with Crippen molar-refractivity contribution in [2.24, 2.45) is 0 Å². The van der Waals surface area contributed by atoms with Crippen LogP contribution in [0.4, 0.5) is 0 Å². The van der Waals surface area contributed by atoms with Gasteiger partial charge in [0.15, 0.2) is 0 Å². The smallest absolute Gasteiger partial charge is 0.254 e. The Kier molecular flexibility index (Phi) is 5.11. The van der Waals surface area contributed by atoms with Crippen molar-refractivity contribution in [2.75, 3.05) is 18.9 Å². The highest BCUT2D eigenvalue weighted by atomic mass is 32.2. The molecule has 1 aromatic carbocycles. The van der Waals surface area contributed by atoms with E-state index in [-0.39, 0.29) is 18.6 Å². The van der Waals surface area contributed by atoms with Crippen LogP contribution in [-0.4, -0.2) is 46.1 Å². The molecule has 4 heteroatoms. The van der Waals surface area contributed by atoms with Gasteiger partial charge in [-0.25, -0.2) is 0 Å². The fourth-order valence-corrected chi connectivity index (χ4v) is 3.32. The Morgan fingerprint density at radius 2 is 2.10 bits per heavy atom. The van der Waals surface area contributed by atoms with Gasteiger partial charge in [-0.1, -0.05) is 18.8 Å². The Hall–Kier alpha value is -1.44. The average Bonchev–Trinajstić information content (AvgIpc) is 2.48. The van der Waals surface area contributed by atoms with Crippen molar-refractivity contribution < 1.29 is 9.90 Å². The van der Waals surface area contributed by atoms with Crippen LogP contribution in [0.2, 0.25) is 0 Å². The van der Waals surface area contributed by atoms with E-state index in [1.165, 1.54) is 0 Å². The van der Waals surface area contributed by atoms with Crippen molar-refractivity contribution in [3.05, 3.63) is 35.4 Å². The van der Waals surface area contributed by atoms with Gasteiger partial charge in [0.25, 0.3) is 5.91 Å². The first-order valence-electron chi connectivity index (χ1n) is 6.76. The lowest BCUT2D eigenvalue weighted by Crippen LogP contribution is -2.47. The van der Waals surface area contributed by atoms with Crippen LogP contribution in [-0.2, 0) is 0 Å². The predicted molar refractivity (Wildman–Crippen MR) is 82.8 cm³/mol. The summed E-state index contributed by atoms with van der Waals surface area (Å²) in [5.41, 5.74) is 1.51. The number of aliphatic hydroxyl groups is 1. The average molecular weight is 289 g/mol. The molecule has 2 rings (SSSR count). The molecule has 2 unspecified atom stereocenters. The van der Waals surface area contributed by atoms with Gasteiger partial charge in [0.2, 0.25) is 0 Å². The summed E-state index contributed by atoms with van der Waals surface area (Å²) in [5, 5.41) is 9.13. The van der Waals surface area contributed by atoms with E-state index in [4.69, 9.17) is 5.11 Å². The zero-order valence-corrected chi connectivity index (χ0v) is 12.6. The van der Waals surface area contributed by atoms with E-state index in [1.807, 2.05) is 40.9 Å². The predicted octanol–water partition coefficient (Wildman–Crippen LogP) is 2.00. The van der Waals surface area contributed by atoms with Crippen molar-refractivity contribution in [2.45, 2.75) is 25.1 Å². The Morgan fingerprint density at radius 3 is 2.75 bits per heavy atom. The number of nitrogens with zero attached hydrogens (tertiary/aromatic N) is 1. The minimum absolute atomic E-state index is 0.0892. The standard InChI is InChI=1S/C16H19NO2S/c1-12-13(2)20-11-9-17(12)16(19)15-7-5-14(6-8-15)4-3-10-18/h5-8,12-13,18H,9-11H2,1-2H3. The molecule has 3 nitrogen and oxygen atoms in total. The molecule has 1 saturated heterocycles. The van der Waals surface area contributed by atoms with E-state index in [9.17, 15) is 4.79 Å². The summed E-state index contributed by atoms with van der Waals surface area (Å²) < 4.78 is 0. The maximum Gasteiger partial charge on any atom is 0.254 e. The molecule has 0 saturated carbocycles. The summed E-state index contributed by atoms with van der Waals surface area (Å²) >= 11 is 1.92. The first kappa shape index (κ1) is 15.0. The zero-order chi connectivity index (χ0) is 14.5. The van der Waals surface area contributed by atoms with Gasteiger partial charge < -0.3 is 10.0 Å². The molecule has 0 spiro atoms. The van der Waals surface area contributed by atoms with Gasteiger partial charge in [0, 0.05) is 34.7 Å². The summed E-state index contributed by atoms with van der Waals surface area (Å²) in [6.45, 7) is 4.93. The number of hydrogen-bond donors (Lipinski definition) is 1. The maximum absolute atomic E-state index is 12.5. The summed E-state index contributed by atoms with van der Waals surface area (Å²) in [4.78, 5) is 14.5. The van der Waals surface area contributed by atoms with Crippen LogP contribution in [0.25, 0.3) is 0 Å². The van der Waals surface area contributed by atoms with Crippen molar-refractivity contribution >= 4 is 17.7 Å². The van der Waals surface area contributed by atoms with Gasteiger partial charge in [-0.15, -0.1) is 0 Å². The molecule has 0 bridgehead atoms. The van der Waals surface area contributed by atoms with Gasteiger partial charge in [0.05, 0.1) is 0 Å². The van der Waals surface area contributed by atoms with E-state index in [1.54, 1.807) is 0 Å². The molecule has 1 amide bonds. The Bertz CT molecular complexity index is 530. The van der Waals surface area contributed by atoms with E-state index >= 15 is 0 Å². The fraction of sp³-hybridized carbons (Fsp3) is 0.438. The molecular formula is C16H19NO2S. The minimum Gasteiger partial charge on any atom is -0.384 e. The molecule has 1 aliphatic rings. The number of amides is 1. The molecule has 1 heterocycles. The molecular weight excluding hydrogens is 270 g/mol. The second-order valence-corrected chi connectivity index (χ2v) is 6.34. The molecule has 0 radical (unpaired) electrons. The van der Waals surface area contributed by atoms with Crippen LogP contribution in [0, 0.1) is 11.8 Å². The van der Waals surface area contributed by atoms with E-state index < -0.39 is 0 Å². The van der Waals surface area contributed by atoms with Gasteiger partial charge in [-0.2, -0.15) is 11.8 Å². The monoisotopic (exact) mass is 289 g/mol. The second-order valence-electron chi connectivity index (χ2n) is 4.85. The van der Waals surface area contributed by atoms with Crippen LogP contribution < -0.4 is 0 Å². The lowest BCUT2D eigenvalue weighted by Gasteiger charge is -2.37. The van der Waals surface area contributed by atoms with Crippen LogP contribution >= 0.6 is 11.8 Å². The third-order valence-corrected chi connectivity index (χ3v) is 4.93. The van der Waals surface area contributed by atoms with Gasteiger partial charge in [-0.05, 0) is 31.2 Å². The highest BCUT2D eigenvalue weighted by Gasteiger charge is 2.29. The van der Waals surface area contributed by atoms with Crippen LogP contribution in [0.1, 0.15) is 29.8 Å². The topological polar surface area (TPSA) is 40.5 Å². The van der Waals surface area contributed by atoms with Gasteiger partial charge >= 0.3 is 0 Å². The lowest BCUT2D eigenvalue weighted by molar-refractivity contribution is 0.0698. The molecule has 1 aromatic rings. The minimum atomic E-state index is -0.151. The highest BCUT2D eigenvalue weighted by Crippen LogP contribution is 2.25. The SMILES string of the molecule is CC1SCCN(C(=O)c2ccc(C#CCO)cc2)C1C. The summed E-state index contributed by atoms with van der Waals surface area (Å²) in [6.07, 6.45) is 0. The quantitative estimate of drug-likeness (QED) is 0.804. The summed E-state index contributed by atoms with van der Waals surface area (Å²) in [6, 6.07) is 7.52. The molecule has 2 atom stereocenters. The van der Waals surface area contributed by atoms with Gasteiger partial charge in [-0.3, -0.25) is 4.79 Å². The van der Waals surface area contributed by atoms with Crippen LogP contribution in [0.5, 0.6) is 0 Å². The molecule has 20 heavy (non-hydrogen) atoms. The number of thioether (sulfide) groups is 1. The Balaban J connectivity index is 2.12. The maximum atomic E-state index is 12.5. The number of rotatable bonds is 1. The van der Waals surface area contributed by atoms with E-state index in [2.05, 4.69) is 25.7 Å². The fourth-order valence-electron chi connectivity index (χ4n) is 2.22. The van der Waals surface area contributed by atoms with E-state index in [0.717, 1.165) is 17.9 Å². The van der Waals surface area contributed by atoms with Crippen LogP contribution in [0.3, 0.4) is 0 Å². The van der Waals surface area contributed by atoms with Crippen molar-refractivity contribution in [3.63, 3.8) is 0 Å². The molecule has 1 fully saturated rings. The second kappa shape index (κ2) is 6.83. The normalized spacial score (nSPS) is 22.1. The van der Waals surface area contributed by atoms with Crippen molar-refractivity contribution in [3.8, 4) is 11.8 Å². The number of carbonyl (C=O) groups excluding carboxylic acids is 1. The Labute approximate surface area is 124 Å². The first-order valence-corrected chi connectivity index (χ1v) is 7.80. The first-order chi connectivity index (χ1) is 9.63. The Morgan fingerprint density at radius 1 is 1.40 bits per heavy atom. The van der Waals surface area contributed by atoms with Gasteiger partial charge in [0.1, 0.15) is 6.61 Å². The number of hydrogen-bond acceptors (Lipinski definition) is 3. The highest BCUT2D eigenvalue weighted by molar-refractivity contribution is 8.00. The van der Waals surface area contributed by atoms with Crippen molar-refractivity contribution in [1.82, 2.24) is 4.90 Å². The third-order valence-electron chi connectivity index (χ3n) is 3.59. The molecule has 1 N–H and O–H groups in total. The zero-order valence-electron chi connectivity index (χ0n) is 11.8.